The molecule has 2 nitrogen and oxygen atoms in total. The summed E-state index contributed by atoms with van der Waals surface area (Å²) in [5, 5.41) is 0.567. The summed E-state index contributed by atoms with van der Waals surface area (Å²) in [6.07, 6.45) is 2.47. The maximum atomic E-state index is 6.07. The van der Waals surface area contributed by atoms with Crippen LogP contribution < -0.4 is 0 Å². The minimum atomic E-state index is 0.567. The first-order chi connectivity index (χ1) is 9.22. The molecule has 4 heteroatoms. The third kappa shape index (κ3) is 3.28. The van der Waals surface area contributed by atoms with Crippen molar-refractivity contribution in [2.45, 2.75) is 36.3 Å². The molecular weight excluding hydrogens is 276 g/mol. The largest absolute Gasteiger partial charge is 0.237 e. The molecule has 0 N–H and O–H groups in total. The van der Waals surface area contributed by atoms with Gasteiger partial charge in [0.1, 0.15) is 11.0 Å². The number of halogens is 1. The second-order valence-corrected chi connectivity index (χ2v) is 6.26. The van der Waals surface area contributed by atoms with Crippen molar-refractivity contribution in [3.63, 3.8) is 0 Å². The Hall–Kier alpha value is -1.06. The summed E-state index contributed by atoms with van der Waals surface area (Å²) in [4.78, 5) is 10.2. The second kappa shape index (κ2) is 5.51. The van der Waals surface area contributed by atoms with Crippen molar-refractivity contribution < 1.29 is 0 Å². The summed E-state index contributed by atoms with van der Waals surface area (Å²) < 4.78 is 0. The van der Waals surface area contributed by atoms with E-state index in [2.05, 4.69) is 41.2 Å². The van der Waals surface area contributed by atoms with E-state index >= 15 is 0 Å². The van der Waals surface area contributed by atoms with Crippen LogP contribution in [-0.4, -0.2) is 9.97 Å². The molecule has 1 aromatic heterocycles. The maximum Gasteiger partial charge on any atom is 0.140 e. The number of rotatable bonds is 4. The first-order valence-electron chi connectivity index (χ1n) is 6.44. The molecule has 0 radical (unpaired) electrons. The molecule has 0 saturated heterocycles. The molecule has 0 bridgehead atoms. The van der Waals surface area contributed by atoms with E-state index in [1.165, 1.54) is 23.3 Å². The van der Waals surface area contributed by atoms with Crippen LogP contribution in [0.4, 0.5) is 0 Å². The average molecular weight is 291 g/mol. The highest BCUT2D eigenvalue weighted by Gasteiger charge is 2.25. The van der Waals surface area contributed by atoms with Crippen molar-refractivity contribution >= 4 is 23.4 Å². The zero-order chi connectivity index (χ0) is 13.2. The second-order valence-electron chi connectivity index (χ2n) is 4.86. The van der Waals surface area contributed by atoms with Crippen molar-refractivity contribution in [3.8, 4) is 0 Å². The lowest BCUT2D eigenvalue weighted by Gasteiger charge is -2.06. The lowest BCUT2D eigenvalue weighted by molar-refractivity contribution is 0.932. The Morgan fingerprint density at radius 2 is 2.05 bits per heavy atom. The topological polar surface area (TPSA) is 25.8 Å². The van der Waals surface area contributed by atoms with Gasteiger partial charge in [-0.3, -0.25) is 0 Å². The monoisotopic (exact) mass is 290 g/mol. The summed E-state index contributed by atoms with van der Waals surface area (Å²) >= 11 is 7.84. The number of hydrogen-bond acceptors (Lipinski definition) is 3. The molecule has 1 heterocycles. The van der Waals surface area contributed by atoms with Crippen LogP contribution in [0.1, 0.15) is 35.8 Å². The third-order valence-electron chi connectivity index (χ3n) is 3.21. The zero-order valence-corrected chi connectivity index (χ0v) is 12.3. The Labute approximate surface area is 122 Å². The molecule has 19 heavy (non-hydrogen) atoms. The van der Waals surface area contributed by atoms with Crippen LogP contribution >= 0.6 is 23.4 Å². The quantitative estimate of drug-likeness (QED) is 0.607. The van der Waals surface area contributed by atoms with Crippen LogP contribution in [0.5, 0.6) is 0 Å². The number of nitrogens with zero attached hydrogens (tertiary/aromatic N) is 2. The lowest BCUT2D eigenvalue weighted by Crippen LogP contribution is -1.97. The van der Waals surface area contributed by atoms with Gasteiger partial charge in [-0.25, -0.2) is 9.97 Å². The Balaban J connectivity index is 1.74. The van der Waals surface area contributed by atoms with Gasteiger partial charge in [-0.2, -0.15) is 0 Å². The van der Waals surface area contributed by atoms with Crippen molar-refractivity contribution in [3.05, 3.63) is 52.6 Å². The molecule has 1 aromatic carbocycles. The van der Waals surface area contributed by atoms with Gasteiger partial charge in [0.25, 0.3) is 0 Å². The standard InChI is InChI=1S/C15H15ClN2S/c1-10-4-2-3-5-13(10)19-9-15-17-12(11-6-7-11)8-14(16)18-15/h2-5,8,11H,6-7,9H2,1H3. The van der Waals surface area contributed by atoms with Crippen molar-refractivity contribution in [2.75, 3.05) is 0 Å². The van der Waals surface area contributed by atoms with E-state index in [0.717, 1.165) is 17.3 Å². The first-order valence-corrected chi connectivity index (χ1v) is 7.80. The SMILES string of the molecule is Cc1ccccc1SCc1nc(Cl)cc(C2CC2)n1. The molecule has 0 atom stereocenters. The van der Waals surface area contributed by atoms with E-state index in [0.29, 0.717) is 11.1 Å². The van der Waals surface area contributed by atoms with Gasteiger partial charge in [0.2, 0.25) is 0 Å². The summed E-state index contributed by atoms with van der Waals surface area (Å²) in [6.45, 7) is 2.12. The Morgan fingerprint density at radius 3 is 2.79 bits per heavy atom. The smallest absolute Gasteiger partial charge is 0.140 e. The fourth-order valence-corrected chi connectivity index (χ4v) is 3.09. The number of hydrogen-bond donors (Lipinski definition) is 0. The van der Waals surface area contributed by atoms with Crippen LogP contribution in [0.3, 0.4) is 0 Å². The van der Waals surface area contributed by atoms with E-state index in [-0.39, 0.29) is 0 Å². The third-order valence-corrected chi connectivity index (χ3v) is 4.57. The van der Waals surface area contributed by atoms with Gasteiger partial charge >= 0.3 is 0 Å². The normalized spacial score (nSPS) is 14.6. The van der Waals surface area contributed by atoms with Gasteiger partial charge < -0.3 is 0 Å². The number of thioether (sulfide) groups is 1. The zero-order valence-electron chi connectivity index (χ0n) is 10.8. The minimum Gasteiger partial charge on any atom is -0.237 e. The van der Waals surface area contributed by atoms with Crippen LogP contribution in [0.15, 0.2) is 35.2 Å². The Bertz CT molecular complexity index is 596. The summed E-state index contributed by atoms with van der Waals surface area (Å²) in [5.74, 6) is 2.22. The molecule has 2 aromatic rings. The van der Waals surface area contributed by atoms with Crippen molar-refractivity contribution in [1.82, 2.24) is 9.97 Å². The molecule has 0 spiro atoms. The predicted octanol–water partition coefficient (Wildman–Crippen LogP) is 4.61. The Kier molecular flexibility index (Phi) is 3.76. The van der Waals surface area contributed by atoms with E-state index in [4.69, 9.17) is 11.6 Å². The van der Waals surface area contributed by atoms with Gasteiger partial charge in [-0.05, 0) is 37.5 Å². The van der Waals surface area contributed by atoms with Gasteiger partial charge in [0.15, 0.2) is 0 Å². The van der Waals surface area contributed by atoms with Crippen LogP contribution in [0.2, 0.25) is 5.15 Å². The van der Waals surface area contributed by atoms with Crippen molar-refractivity contribution in [2.24, 2.45) is 0 Å². The molecule has 3 rings (SSSR count). The molecule has 1 fully saturated rings. The first kappa shape index (κ1) is 12.9. The van der Waals surface area contributed by atoms with E-state index < -0.39 is 0 Å². The molecule has 1 aliphatic rings. The van der Waals surface area contributed by atoms with Gasteiger partial charge in [-0.15, -0.1) is 11.8 Å². The average Bonchev–Trinajstić information content (AvgIpc) is 3.21. The Morgan fingerprint density at radius 1 is 1.26 bits per heavy atom. The minimum absolute atomic E-state index is 0.567. The fraction of sp³-hybridized carbons (Fsp3) is 0.333. The van der Waals surface area contributed by atoms with E-state index in [1.54, 1.807) is 11.8 Å². The van der Waals surface area contributed by atoms with Gasteiger partial charge in [0, 0.05) is 16.5 Å². The highest BCUT2D eigenvalue weighted by Crippen LogP contribution is 2.39. The molecule has 1 saturated carbocycles. The van der Waals surface area contributed by atoms with Crippen LogP contribution in [0.25, 0.3) is 0 Å². The molecule has 0 aliphatic heterocycles. The number of aromatic nitrogens is 2. The van der Waals surface area contributed by atoms with E-state index in [1.807, 2.05) is 6.07 Å². The fourth-order valence-electron chi connectivity index (χ4n) is 2.00. The summed E-state index contributed by atoms with van der Waals surface area (Å²) in [5.41, 5.74) is 2.40. The van der Waals surface area contributed by atoms with Gasteiger partial charge in [0.05, 0.1) is 5.75 Å². The number of aryl methyl sites for hydroxylation is 1. The molecule has 0 unspecified atom stereocenters. The molecule has 1 aliphatic carbocycles. The van der Waals surface area contributed by atoms with Crippen molar-refractivity contribution in [1.29, 1.82) is 0 Å². The highest BCUT2D eigenvalue weighted by atomic mass is 35.5. The maximum absolute atomic E-state index is 6.07. The molecule has 0 amide bonds. The number of benzene rings is 1. The van der Waals surface area contributed by atoms with Gasteiger partial charge in [-0.1, -0.05) is 29.8 Å². The summed E-state index contributed by atoms with van der Waals surface area (Å²) in [7, 11) is 0. The van der Waals surface area contributed by atoms with E-state index in [9.17, 15) is 0 Å². The summed E-state index contributed by atoms with van der Waals surface area (Å²) in [6, 6.07) is 10.3. The highest BCUT2D eigenvalue weighted by molar-refractivity contribution is 7.98. The van der Waals surface area contributed by atoms with Crippen LogP contribution in [0, 0.1) is 6.92 Å². The predicted molar refractivity (Wildman–Crippen MR) is 79.8 cm³/mol. The molecular formula is C15H15ClN2S. The van der Waals surface area contributed by atoms with Crippen LogP contribution in [-0.2, 0) is 5.75 Å². The molecule has 98 valence electrons. The lowest BCUT2D eigenvalue weighted by atomic mass is 10.2.